The molecule has 10 nitrogen and oxygen atoms in total. The number of benzene rings is 2. The summed E-state index contributed by atoms with van der Waals surface area (Å²) in [7, 11) is 0. The second kappa shape index (κ2) is 8.03. The summed E-state index contributed by atoms with van der Waals surface area (Å²) in [6.45, 7) is 0. The molecule has 0 aliphatic carbocycles. The summed E-state index contributed by atoms with van der Waals surface area (Å²) in [5.41, 5.74) is 6.03. The number of hydroxylamine groups is 2. The van der Waals surface area contributed by atoms with Gasteiger partial charge in [0.05, 0.1) is 16.7 Å². The summed E-state index contributed by atoms with van der Waals surface area (Å²) in [5.74, 6) is -3.37. The number of anilines is 1. The van der Waals surface area contributed by atoms with Gasteiger partial charge in [0.25, 0.3) is 17.7 Å². The van der Waals surface area contributed by atoms with E-state index in [2.05, 4.69) is 10.3 Å². The Balaban J connectivity index is 1.41. The zero-order valence-electron chi connectivity index (χ0n) is 15.7. The van der Waals surface area contributed by atoms with Crippen molar-refractivity contribution >= 4 is 52.2 Å². The predicted octanol–water partition coefficient (Wildman–Crippen LogP) is 1.34. The number of aliphatic imine (C=N–C) groups is 1. The Bertz CT molecular complexity index is 1140. The Morgan fingerprint density at radius 3 is 2.35 bits per heavy atom. The van der Waals surface area contributed by atoms with E-state index in [-0.39, 0.29) is 34.0 Å². The van der Waals surface area contributed by atoms with Crippen molar-refractivity contribution in [2.45, 2.75) is 11.7 Å². The van der Waals surface area contributed by atoms with Gasteiger partial charge in [0.15, 0.2) is 5.17 Å². The Labute approximate surface area is 179 Å². The number of hydrogen-bond donors (Lipinski definition) is 2. The highest BCUT2D eigenvalue weighted by atomic mass is 32.2. The molecule has 2 aromatic rings. The maximum atomic E-state index is 12.5. The average Bonchev–Trinajstić information content (AvgIpc) is 3.18. The molecule has 0 spiro atoms. The van der Waals surface area contributed by atoms with E-state index in [1.54, 1.807) is 12.1 Å². The summed E-state index contributed by atoms with van der Waals surface area (Å²) >= 11 is 1.01. The van der Waals surface area contributed by atoms with Crippen LogP contribution in [0.4, 0.5) is 5.69 Å². The molecule has 1 atom stereocenters. The van der Waals surface area contributed by atoms with Crippen molar-refractivity contribution < 1.29 is 28.8 Å². The summed E-state index contributed by atoms with van der Waals surface area (Å²) in [6.07, 6.45) is -0.141. The van der Waals surface area contributed by atoms with E-state index in [4.69, 9.17) is 10.6 Å². The van der Waals surface area contributed by atoms with Crippen LogP contribution >= 0.6 is 11.8 Å². The van der Waals surface area contributed by atoms with Crippen molar-refractivity contribution in [2.24, 2.45) is 10.7 Å². The predicted molar refractivity (Wildman–Crippen MR) is 110 cm³/mol. The van der Waals surface area contributed by atoms with Crippen LogP contribution in [0.15, 0.2) is 53.5 Å². The highest BCUT2D eigenvalue weighted by molar-refractivity contribution is 8.15. The monoisotopic (exact) mass is 438 g/mol. The van der Waals surface area contributed by atoms with Gasteiger partial charge in [0.2, 0.25) is 5.91 Å². The standard InChI is InChI=1S/C20H14N4O6S/c21-20-23-16(26)14(31-20)9-15(25)22-11-5-3-4-10(8-11)19(29)30-24-17(27)12-6-1-2-7-13(12)18(24)28/h1-8,14H,9H2,(H,22,25)(H2,21,23,26). The van der Waals surface area contributed by atoms with Crippen LogP contribution in [-0.4, -0.2) is 45.1 Å². The molecule has 0 bridgehead atoms. The maximum absolute atomic E-state index is 12.5. The number of carbonyl (C=O) groups is 5. The van der Waals surface area contributed by atoms with Gasteiger partial charge in [-0.1, -0.05) is 35.0 Å². The Kier molecular flexibility index (Phi) is 5.26. The minimum absolute atomic E-state index is 0.00764. The summed E-state index contributed by atoms with van der Waals surface area (Å²) in [4.78, 5) is 69.5. The Morgan fingerprint density at radius 1 is 1.06 bits per heavy atom. The molecular formula is C20H14N4O6S. The molecule has 0 radical (unpaired) electrons. The first-order chi connectivity index (χ1) is 14.8. The molecule has 0 aromatic heterocycles. The number of imide groups is 1. The van der Waals surface area contributed by atoms with Crippen LogP contribution in [0, 0.1) is 0 Å². The minimum atomic E-state index is -0.951. The van der Waals surface area contributed by atoms with Crippen molar-refractivity contribution in [1.82, 2.24) is 5.06 Å². The van der Waals surface area contributed by atoms with Gasteiger partial charge in [0, 0.05) is 12.1 Å². The zero-order chi connectivity index (χ0) is 22.1. The normalized spacial score (nSPS) is 17.4. The topological polar surface area (TPSA) is 148 Å². The molecule has 11 heteroatoms. The minimum Gasteiger partial charge on any atom is -0.378 e. The van der Waals surface area contributed by atoms with Gasteiger partial charge in [0.1, 0.15) is 5.25 Å². The lowest BCUT2D eigenvalue weighted by Gasteiger charge is -2.13. The summed E-state index contributed by atoms with van der Waals surface area (Å²) < 4.78 is 0. The lowest BCUT2D eigenvalue weighted by molar-refractivity contribution is -0.121. The van der Waals surface area contributed by atoms with E-state index in [1.807, 2.05) is 0 Å². The number of rotatable bonds is 5. The molecule has 2 aliphatic heterocycles. The molecule has 2 aliphatic rings. The molecule has 31 heavy (non-hydrogen) atoms. The fraction of sp³-hybridized carbons (Fsp3) is 0.100. The maximum Gasteiger partial charge on any atom is 0.364 e. The first-order valence-corrected chi connectivity index (χ1v) is 9.86. The molecule has 4 amide bonds. The van der Waals surface area contributed by atoms with Gasteiger partial charge < -0.3 is 15.9 Å². The summed E-state index contributed by atoms with van der Waals surface area (Å²) in [5, 5.41) is 2.40. The first-order valence-electron chi connectivity index (χ1n) is 8.98. The van der Waals surface area contributed by atoms with Crippen molar-refractivity contribution in [1.29, 1.82) is 0 Å². The number of amides is 4. The summed E-state index contributed by atoms with van der Waals surface area (Å²) in [6, 6.07) is 11.9. The van der Waals surface area contributed by atoms with Crippen LogP contribution in [0.5, 0.6) is 0 Å². The molecule has 1 unspecified atom stereocenters. The number of amidine groups is 1. The zero-order valence-corrected chi connectivity index (χ0v) is 16.5. The molecule has 156 valence electrons. The van der Waals surface area contributed by atoms with Crippen LogP contribution in [0.1, 0.15) is 37.5 Å². The van der Waals surface area contributed by atoms with Gasteiger partial charge in [-0.25, -0.2) is 4.79 Å². The number of carbonyl (C=O) groups excluding carboxylic acids is 5. The van der Waals surface area contributed by atoms with Crippen molar-refractivity contribution in [3.8, 4) is 0 Å². The van der Waals surface area contributed by atoms with E-state index >= 15 is 0 Å². The molecule has 2 heterocycles. The number of fused-ring (bicyclic) bond motifs is 1. The fourth-order valence-corrected chi connectivity index (χ4v) is 3.84. The highest BCUT2D eigenvalue weighted by Gasteiger charge is 2.38. The SMILES string of the molecule is NC1=NC(=O)C(CC(=O)Nc2cccc(C(=O)ON3C(=O)c4ccccc4C3=O)c2)S1. The van der Waals surface area contributed by atoms with Gasteiger partial charge in [-0.2, -0.15) is 4.99 Å². The Hall–Kier alpha value is -3.99. The van der Waals surface area contributed by atoms with Crippen LogP contribution in [0.3, 0.4) is 0 Å². The third-order valence-electron chi connectivity index (χ3n) is 4.44. The lowest BCUT2D eigenvalue weighted by atomic mass is 10.1. The fourth-order valence-electron chi connectivity index (χ4n) is 3.02. The van der Waals surface area contributed by atoms with E-state index in [0.29, 0.717) is 5.06 Å². The number of hydrogen-bond acceptors (Lipinski definition) is 8. The van der Waals surface area contributed by atoms with Crippen LogP contribution in [0.2, 0.25) is 0 Å². The molecule has 0 fully saturated rings. The van der Waals surface area contributed by atoms with E-state index in [0.717, 1.165) is 11.8 Å². The molecule has 2 aromatic carbocycles. The smallest absolute Gasteiger partial charge is 0.364 e. The second-order valence-electron chi connectivity index (χ2n) is 6.56. The number of thioether (sulfide) groups is 1. The quantitative estimate of drug-likeness (QED) is 0.665. The highest BCUT2D eigenvalue weighted by Crippen LogP contribution is 2.25. The van der Waals surface area contributed by atoms with Crippen molar-refractivity contribution in [2.75, 3.05) is 5.32 Å². The third kappa shape index (κ3) is 4.03. The van der Waals surface area contributed by atoms with Crippen LogP contribution < -0.4 is 11.1 Å². The third-order valence-corrected chi connectivity index (χ3v) is 5.43. The Morgan fingerprint density at radius 2 is 1.74 bits per heavy atom. The second-order valence-corrected chi connectivity index (χ2v) is 7.78. The van der Waals surface area contributed by atoms with Gasteiger partial charge >= 0.3 is 5.97 Å². The molecular weight excluding hydrogens is 424 g/mol. The largest absolute Gasteiger partial charge is 0.378 e. The molecule has 4 rings (SSSR count). The van der Waals surface area contributed by atoms with Crippen molar-refractivity contribution in [3.63, 3.8) is 0 Å². The van der Waals surface area contributed by atoms with Crippen molar-refractivity contribution in [3.05, 3.63) is 65.2 Å². The van der Waals surface area contributed by atoms with Gasteiger partial charge in [-0.3, -0.25) is 19.2 Å². The van der Waals surface area contributed by atoms with Crippen LogP contribution in [0.25, 0.3) is 0 Å². The molecule has 3 N–H and O–H groups in total. The number of nitrogens with two attached hydrogens (primary N) is 1. The van der Waals surface area contributed by atoms with Gasteiger partial charge in [-0.15, -0.1) is 0 Å². The first kappa shape index (κ1) is 20.3. The van der Waals surface area contributed by atoms with E-state index in [1.165, 1.54) is 36.4 Å². The number of nitrogens with zero attached hydrogens (tertiary/aromatic N) is 2. The van der Waals surface area contributed by atoms with E-state index < -0.39 is 34.8 Å². The lowest BCUT2D eigenvalue weighted by Crippen LogP contribution is -2.32. The molecule has 0 saturated heterocycles. The van der Waals surface area contributed by atoms with Gasteiger partial charge in [-0.05, 0) is 30.3 Å². The average molecular weight is 438 g/mol. The van der Waals surface area contributed by atoms with E-state index in [9.17, 15) is 24.0 Å². The molecule has 0 saturated carbocycles. The number of nitrogens with one attached hydrogen (secondary N) is 1. The van der Waals surface area contributed by atoms with Crippen LogP contribution in [-0.2, 0) is 14.4 Å².